The fourth-order valence-electron chi connectivity index (χ4n) is 2.69. The van der Waals surface area contributed by atoms with E-state index in [1.807, 2.05) is 6.92 Å². The first-order valence-electron chi connectivity index (χ1n) is 6.35. The number of rotatable bonds is 3. The van der Waals surface area contributed by atoms with Crippen molar-refractivity contribution in [1.82, 2.24) is 9.80 Å². The van der Waals surface area contributed by atoms with Crippen LogP contribution in [0.15, 0.2) is 0 Å². The van der Waals surface area contributed by atoms with E-state index in [2.05, 4.69) is 16.8 Å². The van der Waals surface area contributed by atoms with Crippen LogP contribution in [0.1, 0.15) is 13.3 Å². The maximum absolute atomic E-state index is 9.55. The third kappa shape index (κ3) is 3.17. The molecule has 2 aliphatic rings. The Morgan fingerprint density at radius 1 is 1.38 bits per heavy atom. The molecule has 0 aliphatic carbocycles. The number of hydrogen-bond acceptors (Lipinski definition) is 4. The topological polar surface area (TPSA) is 35.9 Å². The van der Waals surface area contributed by atoms with Crippen molar-refractivity contribution in [2.75, 3.05) is 46.4 Å². The SMILES string of the molecule is CC(O)C1CCN(CC2CN(C)CCO2)C1. The first-order valence-corrected chi connectivity index (χ1v) is 6.35. The van der Waals surface area contributed by atoms with Gasteiger partial charge in [0.05, 0.1) is 18.8 Å². The summed E-state index contributed by atoms with van der Waals surface area (Å²) in [5, 5.41) is 9.55. The number of likely N-dealkylation sites (N-methyl/N-ethyl adjacent to an activating group) is 1. The van der Waals surface area contributed by atoms with Gasteiger partial charge in [-0.25, -0.2) is 0 Å². The highest BCUT2D eigenvalue weighted by molar-refractivity contribution is 4.82. The van der Waals surface area contributed by atoms with Crippen LogP contribution in [0.3, 0.4) is 0 Å². The van der Waals surface area contributed by atoms with Gasteiger partial charge < -0.3 is 19.6 Å². The summed E-state index contributed by atoms with van der Waals surface area (Å²) in [5.74, 6) is 0.460. The molecule has 0 spiro atoms. The quantitative estimate of drug-likeness (QED) is 0.739. The number of nitrogens with zero attached hydrogens (tertiary/aromatic N) is 2. The van der Waals surface area contributed by atoms with Crippen LogP contribution in [-0.4, -0.2) is 73.5 Å². The first kappa shape index (κ1) is 12.3. The van der Waals surface area contributed by atoms with Crippen molar-refractivity contribution >= 4 is 0 Å². The molecule has 0 aromatic carbocycles. The molecule has 0 aromatic heterocycles. The number of hydrogen-bond donors (Lipinski definition) is 1. The van der Waals surface area contributed by atoms with Crippen LogP contribution in [0.25, 0.3) is 0 Å². The summed E-state index contributed by atoms with van der Waals surface area (Å²) in [6, 6.07) is 0. The minimum absolute atomic E-state index is 0.167. The van der Waals surface area contributed by atoms with Gasteiger partial charge in [-0.15, -0.1) is 0 Å². The van der Waals surface area contributed by atoms with Gasteiger partial charge in [0, 0.05) is 26.2 Å². The van der Waals surface area contributed by atoms with E-state index < -0.39 is 0 Å². The highest BCUT2D eigenvalue weighted by atomic mass is 16.5. The van der Waals surface area contributed by atoms with Gasteiger partial charge in [-0.2, -0.15) is 0 Å². The molecule has 3 atom stereocenters. The maximum atomic E-state index is 9.55. The number of aliphatic hydroxyl groups excluding tert-OH is 1. The van der Waals surface area contributed by atoms with E-state index in [0.717, 1.165) is 45.8 Å². The highest BCUT2D eigenvalue weighted by Gasteiger charge is 2.28. The third-order valence-corrected chi connectivity index (χ3v) is 3.79. The minimum Gasteiger partial charge on any atom is -0.393 e. The second kappa shape index (κ2) is 5.45. The molecule has 0 saturated carbocycles. The number of ether oxygens (including phenoxy) is 1. The summed E-state index contributed by atoms with van der Waals surface area (Å²) in [6.45, 7) is 8.00. The van der Waals surface area contributed by atoms with Crippen LogP contribution in [0.2, 0.25) is 0 Å². The Bertz CT molecular complexity index is 223. The fraction of sp³-hybridized carbons (Fsp3) is 1.00. The van der Waals surface area contributed by atoms with E-state index in [0.29, 0.717) is 12.0 Å². The van der Waals surface area contributed by atoms with Gasteiger partial charge in [-0.3, -0.25) is 0 Å². The largest absolute Gasteiger partial charge is 0.393 e. The van der Waals surface area contributed by atoms with Crippen LogP contribution in [0, 0.1) is 5.92 Å². The van der Waals surface area contributed by atoms with Crippen LogP contribution >= 0.6 is 0 Å². The molecule has 2 heterocycles. The van der Waals surface area contributed by atoms with Crippen molar-refractivity contribution in [3.63, 3.8) is 0 Å². The van der Waals surface area contributed by atoms with Crippen molar-refractivity contribution in [3.05, 3.63) is 0 Å². The second-order valence-electron chi connectivity index (χ2n) is 5.30. The Hall–Kier alpha value is -0.160. The van der Waals surface area contributed by atoms with E-state index in [1.165, 1.54) is 0 Å². The van der Waals surface area contributed by atoms with Crippen molar-refractivity contribution in [2.45, 2.75) is 25.6 Å². The van der Waals surface area contributed by atoms with Gasteiger partial charge in [-0.05, 0) is 32.9 Å². The number of likely N-dealkylation sites (tertiary alicyclic amines) is 1. The number of aliphatic hydroxyl groups is 1. The first-order chi connectivity index (χ1) is 7.65. The molecule has 4 heteroatoms. The Morgan fingerprint density at radius 2 is 2.19 bits per heavy atom. The van der Waals surface area contributed by atoms with Crippen molar-refractivity contribution in [3.8, 4) is 0 Å². The summed E-state index contributed by atoms with van der Waals surface area (Å²) in [7, 11) is 2.15. The van der Waals surface area contributed by atoms with E-state index in [-0.39, 0.29) is 6.10 Å². The minimum atomic E-state index is -0.167. The zero-order valence-electron chi connectivity index (χ0n) is 10.4. The van der Waals surface area contributed by atoms with Gasteiger partial charge in [-0.1, -0.05) is 0 Å². The highest BCUT2D eigenvalue weighted by Crippen LogP contribution is 2.20. The van der Waals surface area contributed by atoms with E-state index >= 15 is 0 Å². The number of morpholine rings is 1. The van der Waals surface area contributed by atoms with E-state index in [4.69, 9.17) is 4.74 Å². The zero-order chi connectivity index (χ0) is 11.5. The van der Waals surface area contributed by atoms with E-state index in [9.17, 15) is 5.11 Å². The van der Waals surface area contributed by atoms with Crippen LogP contribution < -0.4 is 0 Å². The van der Waals surface area contributed by atoms with Crippen LogP contribution in [-0.2, 0) is 4.74 Å². The van der Waals surface area contributed by atoms with Crippen molar-refractivity contribution < 1.29 is 9.84 Å². The molecule has 0 bridgehead atoms. The second-order valence-corrected chi connectivity index (χ2v) is 5.30. The van der Waals surface area contributed by atoms with Gasteiger partial charge in [0.25, 0.3) is 0 Å². The molecule has 3 unspecified atom stereocenters. The lowest BCUT2D eigenvalue weighted by atomic mass is 10.0. The van der Waals surface area contributed by atoms with Crippen molar-refractivity contribution in [1.29, 1.82) is 0 Å². The molecule has 4 nitrogen and oxygen atoms in total. The summed E-state index contributed by atoms with van der Waals surface area (Å²) >= 11 is 0. The lowest BCUT2D eigenvalue weighted by Gasteiger charge is -2.32. The zero-order valence-corrected chi connectivity index (χ0v) is 10.4. The molecule has 0 aromatic rings. The van der Waals surface area contributed by atoms with E-state index in [1.54, 1.807) is 0 Å². The smallest absolute Gasteiger partial charge is 0.0829 e. The normalized spacial score (nSPS) is 35.4. The fourth-order valence-corrected chi connectivity index (χ4v) is 2.69. The molecular weight excluding hydrogens is 204 g/mol. The Morgan fingerprint density at radius 3 is 2.81 bits per heavy atom. The van der Waals surface area contributed by atoms with Gasteiger partial charge in [0.15, 0.2) is 0 Å². The predicted octanol–water partition coefficient (Wildman–Crippen LogP) is 0.0197. The molecule has 2 rings (SSSR count). The lowest BCUT2D eigenvalue weighted by Crippen LogP contribution is -2.45. The molecule has 94 valence electrons. The molecule has 2 fully saturated rings. The maximum Gasteiger partial charge on any atom is 0.0829 e. The molecule has 0 amide bonds. The average molecular weight is 228 g/mol. The molecule has 16 heavy (non-hydrogen) atoms. The predicted molar refractivity (Wildman–Crippen MR) is 63.5 cm³/mol. The third-order valence-electron chi connectivity index (χ3n) is 3.79. The monoisotopic (exact) mass is 228 g/mol. The molecule has 2 aliphatic heterocycles. The Balaban J connectivity index is 1.74. The van der Waals surface area contributed by atoms with Crippen LogP contribution in [0.4, 0.5) is 0 Å². The van der Waals surface area contributed by atoms with Gasteiger partial charge in [0.2, 0.25) is 0 Å². The molecule has 0 radical (unpaired) electrons. The Labute approximate surface area is 98.2 Å². The standard InChI is InChI=1S/C12H24N2O2/c1-10(15)11-3-4-14(7-11)9-12-8-13(2)5-6-16-12/h10-12,15H,3-9H2,1-2H3. The Kier molecular flexibility index (Phi) is 4.19. The summed E-state index contributed by atoms with van der Waals surface area (Å²) in [4.78, 5) is 4.76. The molecule has 2 saturated heterocycles. The average Bonchev–Trinajstić information content (AvgIpc) is 2.66. The summed E-state index contributed by atoms with van der Waals surface area (Å²) in [5.41, 5.74) is 0. The van der Waals surface area contributed by atoms with Gasteiger partial charge in [0.1, 0.15) is 0 Å². The van der Waals surface area contributed by atoms with Crippen LogP contribution in [0.5, 0.6) is 0 Å². The molecule has 1 N–H and O–H groups in total. The summed E-state index contributed by atoms with van der Waals surface area (Å²) < 4.78 is 5.76. The lowest BCUT2D eigenvalue weighted by molar-refractivity contribution is -0.0338. The summed E-state index contributed by atoms with van der Waals surface area (Å²) in [6.07, 6.45) is 1.31. The van der Waals surface area contributed by atoms with Crippen molar-refractivity contribution in [2.24, 2.45) is 5.92 Å². The van der Waals surface area contributed by atoms with Gasteiger partial charge >= 0.3 is 0 Å². The molecular formula is C12H24N2O2.